The first-order valence-corrected chi connectivity index (χ1v) is 7.47. The molecule has 112 valence electrons. The number of benzene rings is 1. The molecule has 0 aromatic heterocycles. The second-order valence-corrected chi connectivity index (χ2v) is 5.88. The first-order valence-electron chi connectivity index (χ1n) is 7.47. The molecule has 1 atom stereocenters. The van der Waals surface area contributed by atoms with Crippen LogP contribution in [-0.4, -0.2) is 31.1 Å². The number of rotatable bonds is 3. The molecule has 2 fully saturated rings. The number of nitrogens with one attached hydrogen (secondary N) is 1. The molecule has 0 bridgehead atoms. The second kappa shape index (κ2) is 6.88. The Hall–Kier alpha value is -0.640. The van der Waals surface area contributed by atoms with E-state index in [4.69, 9.17) is 0 Å². The van der Waals surface area contributed by atoms with Gasteiger partial charge in [0.05, 0.1) is 0 Å². The zero-order chi connectivity index (χ0) is 13.2. The normalized spacial score (nSPS) is 21.9. The van der Waals surface area contributed by atoms with Gasteiger partial charge in [0.1, 0.15) is 5.82 Å². The lowest BCUT2D eigenvalue weighted by Crippen LogP contribution is -2.48. The summed E-state index contributed by atoms with van der Waals surface area (Å²) in [7, 11) is 0. The van der Waals surface area contributed by atoms with Gasteiger partial charge in [0.2, 0.25) is 0 Å². The average Bonchev–Trinajstić information content (AvgIpc) is 2.38. The van der Waals surface area contributed by atoms with E-state index < -0.39 is 0 Å². The van der Waals surface area contributed by atoms with E-state index in [1.807, 2.05) is 13.0 Å². The summed E-state index contributed by atoms with van der Waals surface area (Å²) in [6.07, 6.45) is 3.93. The van der Waals surface area contributed by atoms with Crippen molar-refractivity contribution in [3.63, 3.8) is 0 Å². The van der Waals surface area contributed by atoms with Gasteiger partial charge in [0, 0.05) is 32.2 Å². The van der Waals surface area contributed by atoms with Crippen LogP contribution in [0.2, 0.25) is 0 Å². The predicted molar refractivity (Wildman–Crippen MR) is 82.9 cm³/mol. The maximum atomic E-state index is 13.9. The van der Waals surface area contributed by atoms with Crippen LogP contribution in [0.5, 0.6) is 0 Å². The molecular weight excluding hydrogens is 275 g/mol. The molecule has 0 amide bonds. The van der Waals surface area contributed by atoms with Crippen molar-refractivity contribution in [1.82, 2.24) is 10.2 Å². The molecule has 3 rings (SSSR count). The van der Waals surface area contributed by atoms with E-state index >= 15 is 0 Å². The number of nitrogens with zero attached hydrogens (tertiary/aromatic N) is 1. The van der Waals surface area contributed by atoms with Crippen LogP contribution in [-0.2, 0) is 0 Å². The molecule has 4 heteroatoms. The van der Waals surface area contributed by atoms with E-state index in [1.165, 1.54) is 24.8 Å². The van der Waals surface area contributed by atoms with Gasteiger partial charge in [-0.25, -0.2) is 4.39 Å². The highest BCUT2D eigenvalue weighted by Gasteiger charge is 2.34. The SMILES string of the molecule is Cc1c(F)cccc1[C@@H](C1CCC1)N1CCNCC1.Cl. The predicted octanol–water partition coefficient (Wildman–Crippen LogP) is 3.30. The van der Waals surface area contributed by atoms with Crippen LogP contribution in [0.4, 0.5) is 4.39 Å². The monoisotopic (exact) mass is 298 g/mol. The standard InChI is InChI=1S/C16H23FN2.ClH/c1-12-14(6-3-7-15(12)17)16(13-4-2-5-13)19-10-8-18-9-11-19;/h3,6-7,13,16,18H,2,4-5,8-11H2,1H3;1H/t16-;/m1./s1. The topological polar surface area (TPSA) is 15.3 Å². The Bertz CT molecular complexity index is 442. The van der Waals surface area contributed by atoms with Gasteiger partial charge in [-0.1, -0.05) is 18.6 Å². The fourth-order valence-electron chi connectivity index (χ4n) is 3.41. The van der Waals surface area contributed by atoms with Gasteiger partial charge in [-0.05, 0) is 42.9 Å². The van der Waals surface area contributed by atoms with E-state index in [0.717, 1.165) is 37.7 Å². The highest BCUT2D eigenvalue weighted by molar-refractivity contribution is 5.85. The van der Waals surface area contributed by atoms with Gasteiger partial charge in [-0.2, -0.15) is 0 Å². The highest BCUT2D eigenvalue weighted by Crippen LogP contribution is 2.42. The number of halogens is 2. The molecule has 1 aliphatic carbocycles. The van der Waals surface area contributed by atoms with E-state index in [-0.39, 0.29) is 18.2 Å². The molecule has 2 aliphatic rings. The Kier molecular flexibility index (Phi) is 5.42. The molecule has 0 unspecified atom stereocenters. The van der Waals surface area contributed by atoms with Gasteiger partial charge in [-0.15, -0.1) is 12.4 Å². The lowest BCUT2D eigenvalue weighted by molar-refractivity contribution is 0.0830. The zero-order valence-corrected chi connectivity index (χ0v) is 12.9. The summed E-state index contributed by atoms with van der Waals surface area (Å²) in [5, 5.41) is 3.41. The Morgan fingerprint density at radius 1 is 1.25 bits per heavy atom. The smallest absolute Gasteiger partial charge is 0.126 e. The summed E-state index contributed by atoms with van der Waals surface area (Å²) in [5.41, 5.74) is 2.06. The number of hydrogen-bond donors (Lipinski definition) is 1. The fraction of sp³-hybridized carbons (Fsp3) is 0.625. The Morgan fingerprint density at radius 3 is 2.55 bits per heavy atom. The van der Waals surface area contributed by atoms with E-state index in [9.17, 15) is 4.39 Å². The average molecular weight is 299 g/mol. The van der Waals surface area contributed by atoms with Gasteiger partial charge >= 0.3 is 0 Å². The molecule has 1 saturated heterocycles. The molecule has 0 spiro atoms. The summed E-state index contributed by atoms with van der Waals surface area (Å²) >= 11 is 0. The maximum absolute atomic E-state index is 13.9. The lowest BCUT2D eigenvalue weighted by atomic mass is 9.75. The van der Waals surface area contributed by atoms with Gasteiger partial charge in [-0.3, -0.25) is 4.90 Å². The zero-order valence-electron chi connectivity index (χ0n) is 12.1. The van der Waals surface area contributed by atoms with Crippen molar-refractivity contribution in [3.8, 4) is 0 Å². The van der Waals surface area contributed by atoms with Crippen LogP contribution in [0, 0.1) is 18.7 Å². The third kappa shape index (κ3) is 3.00. The number of piperazine rings is 1. The van der Waals surface area contributed by atoms with Crippen molar-refractivity contribution in [1.29, 1.82) is 0 Å². The van der Waals surface area contributed by atoms with E-state index in [1.54, 1.807) is 6.07 Å². The summed E-state index contributed by atoms with van der Waals surface area (Å²) in [5.74, 6) is 0.663. The van der Waals surface area contributed by atoms with E-state index in [2.05, 4.69) is 16.3 Å². The summed E-state index contributed by atoms with van der Waals surface area (Å²) < 4.78 is 13.9. The number of hydrogen-bond acceptors (Lipinski definition) is 2. The molecule has 1 aromatic carbocycles. The fourth-order valence-corrected chi connectivity index (χ4v) is 3.41. The Labute approximate surface area is 127 Å². The van der Waals surface area contributed by atoms with Crippen LogP contribution >= 0.6 is 12.4 Å². The van der Waals surface area contributed by atoms with Crippen molar-refractivity contribution in [2.45, 2.75) is 32.2 Å². The summed E-state index contributed by atoms with van der Waals surface area (Å²) in [4.78, 5) is 2.56. The summed E-state index contributed by atoms with van der Waals surface area (Å²) in [6, 6.07) is 6.00. The van der Waals surface area contributed by atoms with Gasteiger partial charge in [0.15, 0.2) is 0 Å². The molecule has 1 saturated carbocycles. The molecule has 0 radical (unpaired) electrons. The Balaban J connectivity index is 0.00000147. The van der Waals surface area contributed by atoms with Crippen molar-refractivity contribution in [3.05, 3.63) is 35.1 Å². The van der Waals surface area contributed by atoms with Gasteiger partial charge < -0.3 is 5.32 Å². The molecule has 1 aromatic rings. The molecule has 20 heavy (non-hydrogen) atoms. The first-order chi connectivity index (χ1) is 9.27. The van der Waals surface area contributed by atoms with Crippen molar-refractivity contribution >= 4 is 12.4 Å². The second-order valence-electron chi connectivity index (χ2n) is 5.88. The molecule has 1 aliphatic heterocycles. The van der Waals surface area contributed by atoms with Crippen LogP contribution in [0.25, 0.3) is 0 Å². The minimum atomic E-state index is -0.0584. The minimum absolute atomic E-state index is 0. The van der Waals surface area contributed by atoms with E-state index in [0.29, 0.717) is 6.04 Å². The van der Waals surface area contributed by atoms with Crippen molar-refractivity contribution in [2.75, 3.05) is 26.2 Å². The molecule has 1 N–H and O–H groups in total. The molecule has 2 nitrogen and oxygen atoms in total. The van der Waals surface area contributed by atoms with Crippen molar-refractivity contribution < 1.29 is 4.39 Å². The molecular formula is C16H24ClFN2. The largest absolute Gasteiger partial charge is 0.314 e. The van der Waals surface area contributed by atoms with Crippen LogP contribution < -0.4 is 5.32 Å². The maximum Gasteiger partial charge on any atom is 0.126 e. The first kappa shape index (κ1) is 15.7. The van der Waals surface area contributed by atoms with Crippen LogP contribution in [0.15, 0.2) is 18.2 Å². The third-order valence-corrected chi connectivity index (χ3v) is 4.77. The quantitative estimate of drug-likeness (QED) is 0.921. The minimum Gasteiger partial charge on any atom is -0.314 e. The third-order valence-electron chi connectivity index (χ3n) is 4.77. The van der Waals surface area contributed by atoms with Gasteiger partial charge in [0.25, 0.3) is 0 Å². The lowest BCUT2D eigenvalue weighted by Gasteiger charge is -2.43. The summed E-state index contributed by atoms with van der Waals surface area (Å²) in [6.45, 7) is 6.20. The Morgan fingerprint density at radius 2 is 1.95 bits per heavy atom. The van der Waals surface area contributed by atoms with Crippen LogP contribution in [0.1, 0.15) is 36.4 Å². The van der Waals surface area contributed by atoms with Crippen LogP contribution in [0.3, 0.4) is 0 Å². The highest BCUT2D eigenvalue weighted by atomic mass is 35.5. The molecule has 1 heterocycles. The van der Waals surface area contributed by atoms with Crippen molar-refractivity contribution in [2.24, 2.45) is 5.92 Å².